The molecule has 0 bridgehead atoms. The molecule has 2 aromatic carbocycles. The molecule has 0 aliphatic heterocycles. The number of esters is 1. The van der Waals surface area contributed by atoms with Crippen LogP contribution in [0.1, 0.15) is 31.4 Å². The van der Waals surface area contributed by atoms with Crippen LogP contribution in [-0.4, -0.2) is 37.2 Å². The van der Waals surface area contributed by atoms with E-state index in [9.17, 15) is 14.4 Å². The fraction of sp³-hybridized carbons (Fsp3) is 0.375. The third-order valence-corrected chi connectivity index (χ3v) is 5.07. The van der Waals surface area contributed by atoms with Crippen molar-refractivity contribution in [2.24, 2.45) is 5.92 Å². The van der Waals surface area contributed by atoms with Gasteiger partial charge in [0.2, 0.25) is 5.91 Å². The average molecular weight is 427 g/mol. The van der Waals surface area contributed by atoms with Gasteiger partial charge in [0.25, 0.3) is 0 Å². The molecule has 0 saturated carbocycles. The van der Waals surface area contributed by atoms with Gasteiger partial charge in [-0.3, -0.25) is 4.79 Å². The van der Waals surface area contributed by atoms with Gasteiger partial charge in [-0.05, 0) is 17.0 Å². The molecular weight excluding hydrogens is 396 g/mol. The zero-order valence-corrected chi connectivity index (χ0v) is 18.2. The second-order valence-corrected chi connectivity index (χ2v) is 7.34. The minimum Gasteiger partial charge on any atom is -0.467 e. The molecule has 0 heterocycles. The number of ether oxygens (including phenoxy) is 2. The highest BCUT2D eigenvalue weighted by Gasteiger charge is 2.30. The summed E-state index contributed by atoms with van der Waals surface area (Å²) in [4.78, 5) is 37.6. The highest BCUT2D eigenvalue weighted by atomic mass is 16.5. The third-order valence-electron chi connectivity index (χ3n) is 5.07. The molecule has 2 N–H and O–H groups in total. The minimum atomic E-state index is -0.915. The molecule has 2 rings (SSSR count). The lowest BCUT2D eigenvalue weighted by atomic mass is 9.98. The van der Waals surface area contributed by atoms with Crippen LogP contribution in [0.4, 0.5) is 4.79 Å². The van der Waals surface area contributed by atoms with E-state index < -0.39 is 30.1 Å². The predicted molar refractivity (Wildman–Crippen MR) is 117 cm³/mol. The Morgan fingerprint density at radius 1 is 0.903 bits per heavy atom. The molecule has 31 heavy (non-hydrogen) atoms. The monoisotopic (exact) mass is 426 g/mol. The first-order valence-electron chi connectivity index (χ1n) is 10.3. The SMILES string of the molecule is CC[C@@H](C)[C@H](NC(=O)[C@H](Cc1ccccc1)NC(=O)OCc1ccccc1)C(=O)OC. The van der Waals surface area contributed by atoms with Crippen LogP contribution in [0.15, 0.2) is 60.7 Å². The molecule has 3 atom stereocenters. The predicted octanol–water partition coefficient (Wildman–Crippen LogP) is 3.23. The Morgan fingerprint density at radius 3 is 2.03 bits per heavy atom. The zero-order valence-electron chi connectivity index (χ0n) is 18.2. The standard InChI is InChI=1S/C24H30N2O5/c1-4-17(2)21(23(28)30-3)26-22(27)20(15-18-11-7-5-8-12-18)25-24(29)31-16-19-13-9-6-10-14-19/h5-14,17,20-21H,4,15-16H2,1-3H3,(H,25,29)(H,26,27)/t17-,20+,21+/m1/s1. The Morgan fingerprint density at radius 2 is 1.48 bits per heavy atom. The Balaban J connectivity index is 2.10. The van der Waals surface area contributed by atoms with Crippen LogP contribution in [0, 0.1) is 5.92 Å². The highest BCUT2D eigenvalue weighted by Crippen LogP contribution is 2.11. The van der Waals surface area contributed by atoms with E-state index in [-0.39, 0.29) is 18.9 Å². The van der Waals surface area contributed by atoms with Crippen LogP contribution >= 0.6 is 0 Å². The first kappa shape index (κ1) is 23.9. The Kier molecular flexibility index (Phi) is 9.55. The molecule has 0 fully saturated rings. The zero-order chi connectivity index (χ0) is 22.6. The van der Waals surface area contributed by atoms with E-state index in [4.69, 9.17) is 9.47 Å². The summed E-state index contributed by atoms with van der Waals surface area (Å²) in [6.45, 7) is 3.87. The lowest BCUT2D eigenvalue weighted by Gasteiger charge is -2.25. The number of nitrogens with one attached hydrogen (secondary N) is 2. The second-order valence-electron chi connectivity index (χ2n) is 7.34. The van der Waals surface area contributed by atoms with E-state index >= 15 is 0 Å². The van der Waals surface area contributed by atoms with Crippen molar-refractivity contribution in [2.45, 2.75) is 45.4 Å². The summed E-state index contributed by atoms with van der Waals surface area (Å²) in [6.07, 6.45) is 0.218. The molecule has 0 aliphatic carbocycles. The second kappa shape index (κ2) is 12.4. The highest BCUT2D eigenvalue weighted by molar-refractivity contribution is 5.90. The van der Waals surface area contributed by atoms with Crippen LogP contribution in [-0.2, 0) is 32.1 Å². The fourth-order valence-corrected chi connectivity index (χ4v) is 3.02. The van der Waals surface area contributed by atoms with Crippen molar-refractivity contribution < 1.29 is 23.9 Å². The molecule has 0 spiro atoms. The number of rotatable bonds is 10. The summed E-state index contributed by atoms with van der Waals surface area (Å²) in [7, 11) is 1.28. The van der Waals surface area contributed by atoms with Gasteiger partial charge in [-0.15, -0.1) is 0 Å². The maximum absolute atomic E-state index is 13.0. The lowest BCUT2D eigenvalue weighted by Crippen LogP contribution is -2.54. The number of benzene rings is 2. The molecule has 0 aliphatic rings. The van der Waals surface area contributed by atoms with E-state index in [1.807, 2.05) is 74.5 Å². The fourth-order valence-electron chi connectivity index (χ4n) is 3.02. The number of hydrogen-bond acceptors (Lipinski definition) is 5. The van der Waals surface area contributed by atoms with Crippen LogP contribution in [0.3, 0.4) is 0 Å². The number of carbonyl (C=O) groups excluding carboxylic acids is 3. The molecular formula is C24H30N2O5. The number of alkyl carbamates (subject to hydrolysis) is 1. The van der Waals surface area contributed by atoms with Gasteiger partial charge in [-0.25, -0.2) is 9.59 Å². The lowest BCUT2D eigenvalue weighted by molar-refractivity contribution is -0.146. The summed E-state index contributed by atoms with van der Waals surface area (Å²) in [5, 5.41) is 5.36. The van der Waals surface area contributed by atoms with Crippen molar-refractivity contribution in [3.05, 3.63) is 71.8 Å². The van der Waals surface area contributed by atoms with Gasteiger partial charge in [0.1, 0.15) is 18.7 Å². The van der Waals surface area contributed by atoms with Crippen LogP contribution in [0.5, 0.6) is 0 Å². The molecule has 2 amide bonds. The number of amides is 2. The summed E-state index contributed by atoms with van der Waals surface area (Å²) < 4.78 is 10.1. The Labute approximate surface area is 183 Å². The Hall–Kier alpha value is -3.35. The van der Waals surface area contributed by atoms with E-state index in [0.29, 0.717) is 6.42 Å². The van der Waals surface area contributed by atoms with Crippen LogP contribution in [0.25, 0.3) is 0 Å². The first-order chi connectivity index (χ1) is 14.9. The number of carbonyl (C=O) groups is 3. The molecule has 7 nitrogen and oxygen atoms in total. The van der Waals surface area contributed by atoms with Gasteiger partial charge < -0.3 is 20.1 Å². The molecule has 0 saturated heterocycles. The summed E-state index contributed by atoms with van der Waals surface area (Å²) >= 11 is 0. The van der Waals surface area contributed by atoms with Gasteiger partial charge in [-0.1, -0.05) is 80.9 Å². The van der Waals surface area contributed by atoms with E-state index in [2.05, 4.69) is 10.6 Å². The number of hydrogen-bond donors (Lipinski definition) is 2. The maximum atomic E-state index is 13.0. The number of methoxy groups -OCH3 is 1. The van der Waals surface area contributed by atoms with Crippen LogP contribution < -0.4 is 10.6 Å². The Bertz CT molecular complexity index is 842. The molecule has 2 aromatic rings. The van der Waals surface area contributed by atoms with Gasteiger partial charge in [0.05, 0.1) is 7.11 Å². The summed E-state index contributed by atoms with van der Waals surface area (Å²) in [6, 6.07) is 16.9. The van der Waals surface area contributed by atoms with Crippen molar-refractivity contribution in [1.82, 2.24) is 10.6 Å². The molecule has 7 heteroatoms. The van der Waals surface area contributed by atoms with Crippen molar-refractivity contribution >= 4 is 18.0 Å². The van der Waals surface area contributed by atoms with Gasteiger partial charge >= 0.3 is 12.1 Å². The van der Waals surface area contributed by atoms with Gasteiger partial charge in [-0.2, -0.15) is 0 Å². The molecule has 166 valence electrons. The van der Waals surface area contributed by atoms with Crippen molar-refractivity contribution in [3.8, 4) is 0 Å². The maximum Gasteiger partial charge on any atom is 0.408 e. The minimum absolute atomic E-state index is 0.0873. The van der Waals surface area contributed by atoms with E-state index in [0.717, 1.165) is 11.1 Å². The van der Waals surface area contributed by atoms with E-state index in [1.165, 1.54) is 7.11 Å². The topological polar surface area (TPSA) is 93.7 Å². The van der Waals surface area contributed by atoms with Crippen molar-refractivity contribution in [1.29, 1.82) is 0 Å². The quantitative estimate of drug-likeness (QED) is 0.569. The largest absolute Gasteiger partial charge is 0.467 e. The van der Waals surface area contributed by atoms with Gasteiger partial charge in [0, 0.05) is 6.42 Å². The summed E-state index contributed by atoms with van der Waals surface area (Å²) in [5.74, 6) is -1.12. The molecule has 0 aromatic heterocycles. The third kappa shape index (κ3) is 7.77. The smallest absolute Gasteiger partial charge is 0.408 e. The van der Waals surface area contributed by atoms with E-state index in [1.54, 1.807) is 0 Å². The van der Waals surface area contributed by atoms with Crippen molar-refractivity contribution in [3.63, 3.8) is 0 Å². The molecule has 0 radical (unpaired) electrons. The van der Waals surface area contributed by atoms with Gasteiger partial charge in [0.15, 0.2) is 0 Å². The first-order valence-corrected chi connectivity index (χ1v) is 10.3. The normalized spacial score (nSPS) is 13.4. The van der Waals surface area contributed by atoms with Crippen molar-refractivity contribution in [2.75, 3.05) is 7.11 Å². The summed E-state index contributed by atoms with van der Waals surface area (Å²) in [5.41, 5.74) is 1.70. The molecule has 0 unspecified atom stereocenters. The average Bonchev–Trinajstić information content (AvgIpc) is 2.81. The van der Waals surface area contributed by atoms with Crippen LogP contribution in [0.2, 0.25) is 0 Å².